The third kappa shape index (κ3) is 68.9. The lowest BCUT2D eigenvalue weighted by Crippen LogP contribution is -2.30. The van der Waals surface area contributed by atoms with Crippen molar-refractivity contribution in [1.29, 1.82) is 0 Å². The highest BCUT2D eigenvalue weighted by Gasteiger charge is 2.20. The van der Waals surface area contributed by atoms with Crippen LogP contribution in [0.4, 0.5) is 0 Å². The molecule has 0 fully saturated rings. The second-order valence-electron chi connectivity index (χ2n) is 25.9. The van der Waals surface area contributed by atoms with Gasteiger partial charge in [0.1, 0.15) is 13.2 Å². The highest BCUT2D eigenvalue weighted by Crippen LogP contribution is 2.20. The van der Waals surface area contributed by atoms with Crippen LogP contribution in [-0.4, -0.2) is 37.2 Å². The van der Waals surface area contributed by atoms with Crippen molar-refractivity contribution in [3.05, 3.63) is 12.2 Å². The number of allylic oxidation sites excluding steroid dienone is 2. The first-order valence-corrected chi connectivity index (χ1v) is 37.7. The zero-order valence-corrected chi connectivity index (χ0v) is 56.1. The molecular formula is C76H146O6. The lowest BCUT2D eigenvalue weighted by atomic mass is 10.0. The average Bonchev–Trinajstić information content (AvgIpc) is 3.48. The van der Waals surface area contributed by atoms with Crippen LogP contribution in [0.2, 0.25) is 0 Å². The van der Waals surface area contributed by atoms with Gasteiger partial charge in [-0.1, -0.05) is 386 Å². The van der Waals surface area contributed by atoms with Crippen molar-refractivity contribution in [2.45, 2.75) is 444 Å². The van der Waals surface area contributed by atoms with Gasteiger partial charge in [0, 0.05) is 19.3 Å². The van der Waals surface area contributed by atoms with Crippen molar-refractivity contribution in [2.75, 3.05) is 13.2 Å². The average molecular weight is 1160 g/mol. The van der Waals surface area contributed by atoms with Crippen LogP contribution < -0.4 is 0 Å². The second kappa shape index (κ2) is 71.6. The maximum absolute atomic E-state index is 13.0. The molecule has 0 aromatic carbocycles. The van der Waals surface area contributed by atoms with E-state index >= 15 is 0 Å². The third-order valence-corrected chi connectivity index (χ3v) is 17.5. The van der Waals surface area contributed by atoms with Gasteiger partial charge >= 0.3 is 17.9 Å². The first kappa shape index (κ1) is 80.2. The van der Waals surface area contributed by atoms with Gasteiger partial charge in [-0.2, -0.15) is 0 Å². The van der Waals surface area contributed by atoms with E-state index in [1.807, 2.05) is 0 Å². The van der Waals surface area contributed by atoms with Crippen molar-refractivity contribution in [1.82, 2.24) is 0 Å². The Balaban J connectivity index is 4.14. The van der Waals surface area contributed by atoms with Gasteiger partial charge in [-0.3, -0.25) is 14.4 Å². The summed E-state index contributed by atoms with van der Waals surface area (Å²) in [5.41, 5.74) is 0. The number of esters is 3. The predicted molar refractivity (Wildman–Crippen MR) is 358 cm³/mol. The van der Waals surface area contributed by atoms with Gasteiger partial charge < -0.3 is 14.2 Å². The lowest BCUT2D eigenvalue weighted by molar-refractivity contribution is -0.167. The van der Waals surface area contributed by atoms with E-state index in [0.29, 0.717) is 19.3 Å². The number of carbonyl (C=O) groups is 3. The number of rotatable bonds is 71. The van der Waals surface area contributed by atoms with Gasteiger partial charge in [-0.05, 0) is 44.9 Å². The van der Waals surface area contributed by atoms with Crippen LogP contribution in [0.15, 0.2) is 12.2 Å². The summed E-state index contributed by atoms with van der Waals surface area (Å²) in [7, 11) is 0. The van der Waals surface area contributed by atoms with Crippen LogP contribution in [0.3, 0.4) is 0 Å². The summed E-state index contributed by atoms with van der Waals surface area (Å²) < 4.78 is 17.0. The SMILES string of the molecule is CCCCC/C=C\CCCCCCCC(=O)OCC(COC(=O)CCCCCCCCCCCCCCCCCCCCCCCCCCCCC)OC(=O)CCCCCCCCCCCCCCCCCCCCCCCCCCC. The molecule has 0 radical (unpaired) electrons. The van der Waals surface area contributed by atoms with Crippen LogP contribution in [0.1, 0.15) is 438 Å². The monoisotopic (exact) mass is 1160 g/mol. The molecule has 0 N–H and O–H groups in total. The molecular weight excluding hydrogens is 1010 g/mol. The molecule has 0 rings (SSSR count). The summed E-state index contributed by atoms with van der Waals surface area (Å²) in [4.78, 5) is 38.4. The molecule has 1 atom stereocenters. The molecule has 0 aliphatic heterocycles. The molecule has 0 aliphatic carbocycles. The minimum absolute atomic E-state index is 0.0656. The van der Waals surface area contributed by atoms with Gasteiger partial charge in [0.05, 0.1) is 0 Å². The van der Waals surface area contributed by atoms with Crippen LogP contribution in [0.5, 0.6) is 0 Å². The first-order valence-electron chi connectivity index (χ1n) is 37.7. The Bertz CT molecular complexity index is 1280. The van der Waals surface area contributed by atoms with Gasteiger partial charge in [0.15, 0.2) is 6.10 Å². The fourth-order valence-corrected chi connectivity index (χ4v) is 11.9. The van der Waals surface area contributed by atoms with Crippen molar-refractivity contribution < 1.29 is 28.6 Å². The molecule has 486 valence electrons. The Kier molecular flexibility index (Phi) is 70.0. The Morgan fingerprint density at radius 2 is 0.402 bits per heavy atom. The molecule has 0 saturated carbocycles. The fraction of sp³-hybridized carbons (Fsp3) is 0.934. The number of hydrogen-bond donors (Lipinski definition) is 0. The molecule has 0 amide bonds. The zero-order valence-electron chi connectivity index (χ0n) is 56.1. The van der Waals surface area contributed by atoms with E-state index in [-0.39, 0.29) is 31.1 Å². The minimum atomic E-state index is -0.770. The molecule has 0 spiro atoms. The standard InChI is InChI=1S/C76H146O6/c1-4-7-10-13-16-19-22-25-27-29-31-33-35-37-38-40-41-43-45-47-49-51-54-57-60-63-66-69-75(78)81-72-73(71-80-74(77)68-65-62-59-56-53-24-21-18-15-12-9-6-3)82-76(79)70-67-64-61-58-55-52-50-48-46-44-42-39-36-34-32-30-28-26-23-20-17-14-11-8-5-2/h18,21,73H,4-17,19-20,22-72H2,1-3H3/b21-18-. The van der Waals surface area contributed by atoms with E-state index in [9.17, 15) is 14.4 Å². The van der Waals surface area contributed by atoms with Crippen molar-refractivity contribution in [3.8, 4) is 0 Å². The smallest absolute Gasteiger partial charge is 0.306 e. The Morgan fingerprint density at radius 1 is 0.232 bits per heavy atom. The van der Waals surface area contributed by atoms with Crippen LogP contribution in [-0.2, 0) is 28.6 Å². The topological polar surface area (TPSA) is 78.9 Å². The third-order valence-electron chi connectivity index (χ3n) is 17.5. The predicted octanol–water partition coefficient (Wildman–Crippen LogP) is 26.0. The van der Waals surface area contributed by atoms with E-state index < -0.39 is 6.10 Å². The van der Waals surface area contributed by atoms with Gasteiger partial charge in [-0.15, -0.1) is 0 Å². The summed E-state index contributed by atoms with van der Waals surface area (Å²) in [6.45, 7) is 6.71. The van der Waals surface area contributed by atoms with E-state index in [4.69, 9.17) is 14.2 Å². The summed E-state index contributed by atoms with van der Waals surface area (Å²) in [6, 6.07) is 0. The van der Waals surface area contributed by atoms with Gasteiger partial charge in [-0.25, -0.2) is 0 Å². The number of hydrogen-bond acceptors (Lipinski definition) is 6. The maximum Gasteiger partial charge on any atom is 0.306 e. The summed E-state index contributed by atoms with van der Waals surface area (Å²) in [5, 5.41) is 0. The lowest BCUT2D eigenvalue weighted by Gasteiger charge is -2.18. The van der Waals surface area contributed by atoms with E-state index in [1.165, 1.54) is 334 Å². The molecule has 82 heavy (non-hydrogen) atoms. The maximum atomic E-state index is 13.0. The van der Waals surface area contributed by atoms with E-state index in [2.05, 4.69) is 32.9 Å². The largest absolute Gasteiger partial charge is 0.462 e. The van der Waals surface area contributed by atoms with Crippen LogP contribution >= 0.6 is 0 Å². The highest BCUT2D eigenvalue weighted by atomic mass is 16.6. The van der Waals surface area contributed by atoms with E-state index in [1.54, 1.807) is 0 Å². The second-order valence-corrected chi connectivity index (χ2v) is 25.9. The molecule has 0 aromatic heterocycles. The van der Waals surface area contributed by atoms with Crippen LogP contribution in [0, 0.1) is 0 Å². The molecule has 0 bridgehead atoms. The van der Waals surface area contributed by atoms with Crippen molar-refractivity contribution in [3.63, 3.8) is 0 Å². The zero-order chi connectivity index (χ0) is 59.2. The number of unbranched alkanes of at least 4 members (excludes halogenated alkanes) is 58. The normalized spacial score (nSPS) is 12.0. The Labute approximate surface area is 513 Å². The minimum Gasteiger partial charge on any atom is -0.462 e. The molecule has 1 unspecified atom stereocenters. The summed E-state index contributed by atoms with van der Waals surface area (Å²) in [5.74, 6) is -0.838. The highest BCUT2D eigenvalue weighted by molar-refractivity contribution is 5.71. The first-order chi connectivity index (χ1) is 40.5. The molecule has 6 heteroatoms. The molecule has 0 aliphatic rings. The molecule has 0 aromatic rings. The quantitative estimate of drug-likeness (QED) is 0.0261. The fourth-order valence-electron chi connectivity index (χ4n) is 11.9. The van der Waals surface area contributed by atoms with Crippen molar-refractivity contribution in [2.24, 2.45) is 0 Å². The molecule has 0 saturated heterocycles. The summed E-state index contributed by atoms with van der Waals surface area (Å²) >= 11 is 0. The molecule has 6 nitrogen and oxygen atoms in total. The molecule has 0 heterocycles. The number of carbonyl (C=O) groups excluding carboxylic acids is 3. The summed E-state index contributed by atoms with van der Waals surface area (Å²) in [6.07, 6.45) is 87.0. The van der Waals surface area contributed by atoms with Gasteiger partial charge in [0.2, 0.25) is 0 Å². The van der Waals surface area contributed by atoms with E-state index in [0.717, 1.165) is 64.2 Å². The van der Waals surface area contributed by atoms with Crippen molar-refractivity contribution >= 4 is 17.9 Å². The number of ether oxygens (including phenoxy) is 3. The Morgan fingerprint density at radius 3 is 0.634 bits per heavy atom. The van der Waals surface area contributed by atoms with Gasteiger partial charge in [0.25, 0.3) is 0 Å². The van der Waals surface area contributed by atoms with Crippen LogP contribution in [0.25, 0.3) is 0 Å². The Hall–Kier alpha value is -1.85.